The van der Waals surface area contributed by atoms with Crippen molar-refractivity contribution in [3.63, 3.8) is 0 Å². The van der Waals surface area contributed by atoms with Gasteiger partial charge in [-0.25, -0.2) is 4.79 Å². The molecule has 4 heteroatoms. The molecule has 0 spiro atoms. The Kier molecular flexibility index (Phi) is 2.10. The maximum absolute atomic E-state index is 11.7. The third-order valence-electron chi connectivity index (χ3n) is 3.07. The molecule has 1 unspecified atom stereocenters. The zero-order valence-electron chi connectivity index (χ0n) is 8.79. The zero-order chi connectivity index (χ0) is 10.4. The standard InChI is InChI=1S/C9H16N2O2/c1-6-9(2,3)7(12)11(5)8(13)10(6)4/h6H,1-5H3. The topological polar surface area (TPSA) is 40.6 Å². The van der Waals surface area contributed by atoms with E-state index in [2.05, 4.69) is 0 Å². The molecule has 1 aliphatic rings. The minimum Gasteiger partial charge on any atom is -0.324 e. The van der Waals surface area contributed by atoms with Gasteiger partial charge in [-0.2, -0.15) is 0 Å². The van der Waals surface area contributed by atoms with Crippen molar-refractivity contribution < 1.29 is 9.59 Å². The van der Waals surface area contributed by atoms with Gasteiger partial charge in [-0.15, -0.1) is 0 Å². The first-order valence-corrected chi connectivity index (χ1v) is 4.35. The molecule has 1 saturated heterocycles. The molecule has 74 valence electrons. The van der Waals surface area contributed by atoms with Crippen molar-refractivity contribution >= 4 is 11.9 Å². The molecule has 1 aliphatic heterocycles. The maximum Gasteiger partial charge on any atom is 0.326 e. The normalized spacial score (nSPS) is 28.2. The van der Waals surface area contributed by atoms with Crippen molar-refractivity contribution in [1.82, 2.24) is 9.80 Å². The molecule has 0 aromatic heterocycles. The van der Waals surface area contributed by atoms with Crippen LogP contribution in [0.2, 0.25) is 0 Å². The Bertz CT molecular complexity index is 260. The van der Waals surface area contributed by atoms with E-state index in [0.29, 0.717) is 0 Å². The first-order chi connectivity index (χ1) is 5.80. The lowest BCUT2D eigenvalue weighted by molar-refractivity contribution is -0.143. The highest BCUT2D eigenvalue weighted by atomic mass is 16.2. The van der Waals surface area contributed by atoms with Gasteiger partial charge >= 0.3 is 6.03 Å². The summed E-state index contributed by atoms with van der Waals surface area (Å²) in [5, 5.41) is 0. The fraction of sp³-hybridized carbons (Fsp3) is 0.778. The Balaban J connectivity index is 3.07. The summed E-state index contributed by atoms with van der Waals surface area (Å²) in [7, 11) is 3.24. The van der Waals surface area contributed by atoms with Gasteiger partial charge in [0, 0.05) is 20.1 Å². The van der Waals surface area contributed by atoms with Crippen LogP contribution in [0.15, 0.2) is 0 Å². The zero-order valence-corrected chi connectivity index (χ0v) is 8.79. The molecule has 13 heavy (non-hydrogen) atoms. The molecule has 0 saturated carbocycles. The highest BCUT2D eigenvalue weighted by molar-refractivity contribution is 5.99. The van der Waals surface area contributed by atoms with E-state index in [9.17, 15) is 9.59 Å². The van der Waals surface area contributed by atoms with Crippen LogP contribution in [-0.4, -0.2) is 41.9 Å². The maximum atomic E-state index is 11.7. The van der Waals surface area contributed by atoms with E-state index >= 15 is 0 Å². The average Bonchev–Trinajstić information content (AvgIpc) is 2.09. The second kappa shape index (κ2) is 2.72. The Morgan fingerprint density at radius 3 is 2.15 bits per heavy atom. The molecule has 1 rings (SSSR count). The molecule has 0 radical (unpaired) electrons. The van der Waals surface area contributed by atoms with E-state index in [4.69, 9.17) is 0 Å². The lowest BCUT2D eigenvalue weighted by atomic mass is 9.81. The largest absolute Gasteiger partial charge is 0.326 e. The SMILES string of the molecule is CC1N(C)C(=O)N(C)C(=O)C1(C)C. The van der Waals surface area contributed by atoms with Crippen molar-refractivity contribution in [2.24, 2.45) is 5.41 Å². The van der Waals surface area contributed by atoms with Crippen molar-refractivity contribution in [2.45, 2.75) is 26.8 Å². The van der Waals surface area contributed by atoms with Crippen LogP contribution in [0.5, 0.6) is 0 Å². The molecule has 0 aliphatic carbocycles. The molecule has 0 bridgehead atoms. The fourth-order valence-corrected chi connectivity index (χ4v) is 1.58. The molecule has 1 heterocycles. The summed E-state index contributed by atoms with van der Waals surface area (Å²) in [5.41, 5.74) is -0.489. The summed E-state index contributed by atoms with van der Waals surface area (Å²) < 4.78 is 0. The van der Waals surface area contributed by atoms with Crippen LogP contribution in [0.4, 0.5) is 4.79 Å². The van der Waals surface area contributed by atoms with E-state index in [1.165, 1.54) is 11.9 Å². The first kappa shape index (κ1) is 10.0. The number of carbonyl (C=O) groups excluding carboxylic acids is 2. The molecule has 1 fully saturated rings. The summed E-state index contributed by atoms with van der Waals surface area (Å²) in [4.78, 5) is 25.9. The molecule has 0 N–H and O–H groups in total. The Hall–Kier alpha value is -1.06. The monoisotopic (exact) mass is 184 g/mol. The summed E-state index contributed by atoms with van der Waals surface area (Å²) >= 11 is 0. The second-order valence-corrected chi connectivity index (χ2v) is 4.16. The predicted octanol–water partition coefficient (Wildman–Crippen LogP) is 0.925. The van der Waals surface area contributed by atoms with Crippen molar-refractivity contribution in [3.05, 3.63) is 0 Å². The number of rotatable bonds is 0. The number of urea groups is 1. The first-order valence-electron chi connectivity index (χ1n) is 4.35. The van der Waals surface area contributed by atoms with E-state index < -0.39 is 5.41 Å². The number of carbonyl (C=O) groups is 2. The van der Waals surface area contributed by atoms with Crippen LogP contribution in [0.25, 0.3) is 0 Å². The van der Waals surface area contributed by atoms with Gasteiger partial charge in [-0.3, -0.25) is 9.69 Å². The molecule has 0 aromatic rings. The highest BCUT2D eigenvalue weighted by Crippen LogP contribution is 2.31. The Morgan fingerprint density at radius 2 is 1.69 bits per heavy atom. The number of hydrogen-bond acceptors (Lipinski definition) is 2. The molecule has 1 atom stereocenters. The number of amides is 3. The van der Waals surface area contributed by atoms with Gasteiger partial charge in [0.2, 0.25) is 5.91 Å². The van der Waals surface area contributed by atoms with Gasteiger partial charge in [0.25, 0.3) is 0 Å². The van der Waals surface area contributed by atoms with Gasteiger partial charge < -0.3 is 4.90 Å². The van der Waals surface area contributed by atoms with E-state index in [1.807, 2.05) is 20.8 Å². The van der Waals surface area contributed by atoms with Crippen molar-refractivity contribution in [1.29, 1.82) is 0 Å². The lowest BCUT2D eigenvalue weighted by Crippen LogP contribution is -2.62. The average molecular weight is 184 g/mol. The number of nitrogens with zero attached hydrogens (tertiary/aromatic N) is 2. The van der Waals surface area contributed by atoms with E-state index in [-0.39, 0.29) is 18.0 Å². The summed E-state index contributed by atoms with van der Waals surface area (Å²) in [5.74, 6) is -0.108. The van der Waals surface area contributed by atoms with Crippen LogP contribution in [0.1, 0.15) is 20.8 Å². The van der Waals surface area contributed by atoms with Gasteiger partial charge in [-0.1, -0.05) is 0 Å². The van der Waals surface area contributed by atoms with E-state index in [0.717, 1.165) is 0 Å². The fourth-order valence-electron chi connectivity index (χ4n) is 1.58. The molecule has 4 nitrogen and oxygen atoms in total. The van der Waals surface area contributed by atoms with Gasteiger partial charge in [0.05, 0.1) is 5.41 Å². The quantitative estimate of drug-likeness (QED) is 0.561. The third kappa shape index (κ3) is 1.20. The minimum absolute atomic E-state index is 0.0521. The van der Waals surface area contributed by atoms with Crippen LogP contribution in [0.3, 0.4) is 0 Å². The molecule has 3 amide bonds. The third-order valence-corrected chi connectivity index (χ3v) is 3.07. The Morgan fingerprint density at radius 1 is 1.23 bits per heavy atom. The number of hydrogen-bond donors (Lipinski definition) is 0. The van der Waals surface area contributed by atoms with Crippen LogP contribution >= 0.6 is 0 Å². The second-order valence-electron chi connectivity index (χ2n) is 4.16. The van der Waals surface area contributed by atoms with E-state index in [1.54, 1.807) is 11.9 Å². The van der Waals surface area contributed by atoms with Crippen molar-refractivity contribution in [3.8, 4) is 0 Å². The van der Waals surface area contributed by atoms with Gasteiger partial charge in [0.1, 0.15) is 0 Å². The molecule has 0 aromatic carbocycles. The Labute approximate surface area is 78.5 Å². The van der Waals surface area contributed by atoms with Crippen LogP contribution in [0, 0.1) is 5.41 Å². The molecular weight excluding hydrogens is 168 g/mol. The minimum atomic E-state index is -0.489. The highest BCUT2D eigenvalue weighted by Gasteiger charge is 2.46. The number of imide groups is 1. The van der Waals surface area contributed by atoms with Gasteiger partial charge in [-0.05, 0) is 20.8 Å². The predicted molar refractivity (Wildman–Crippen MR) is 49.2 cm³/mol. The summed E-state index contributed by atoms with van der Waals surface area (Å²) in [6.45, 7) is 5.61. The van der Waals surface area contributed by atoms with Gasteiger partial charge in [0.15, 0.2) is 0 Å². The summed E-state index contributed by atoms with van der Waals surface area (Å²) in [6, 6.07) is -0.277. The summed E-state index contributed by atoms with van der Waals surface area (Å²) in [6.07, 6.45) is 0. The molecular formula is C9H16N2O2. The van der Waals surface area contributed by atoms with Crippen LogP contribution < -0.4 is 0 Å². The smallest absolute Gasteiger partial charge is 0.324 e. The van der Waals surface area contributed by atoms with Crippen molar-refractivity contribution in [2.75, 3.05) is 14.1 Å². The lowest BCUT2D eigenvalue weighted by Gasteiger charge is -2.44. The van der Waals surface area contributed by atoms with Crippen LogP contribution in [-0.2, 0) is 4.79 Å².